The smallest absolute Gasteiger partial charge is 0.124 e. The topological polar surface area (TPSA) is 40.7 Å². The van der Waals surface area contributed by atoms with Crippen LogP contribution in [0.25, 0.3) is 12.7 Å². The fraction of sp³-hybridized carbons (Fsp3) is 0.458. The van der Waals surface area contributed by atoms with Crippen LogP contribution in [0.4, 0.5) is 0 Å². The van der Waals surface area contributed by atoms with Crippen LogP contribution in [0.2, 0.25) is 0 Å². The third kappa shape index (κ3) is 3.19. The third-order valence-corrected chi connectivity index (χ3v) is 6.75. The summed E-state index contributed by atoms with van der Waals surface area (Å²) in [4.78, 5) is 8.15. The molecule has 0 amide bonds. The van der Waals surface area contributed by atoms with Gasteiger partial charge in [0.1, 0.15) is 5.82 Å². The molecule has 2 aliphatic carbocycles. The van der Waals surface area contributed by atoms with Crippen LogP contribution in [-0.4, -0.2) is 16.5 Å². The SMILES string of the molecule is C=CC1=C(C(=C)C(=C)/C=c2/nc(C3CCCN3)[nH]c2=C)C2(CCCC2)CC1. The van der Waals surface area contributed by atoms with Crippen molar-refractivity contribution in [3.05, 3.63) is 64.6 Å². The molecule has 0 bridgehead atoms. The van der Waals surface area contributed by atoms with E-state index in [-0.39, 0.29) is 0 Å². The number of H-pyrrole nitrogens is 1. The first kappa shape index (κ1) is 18.2. The molecule has 27 heavy (non-hydrogen) atoms. The molecule has 4 rings (SSSR count). The van der Waals surface area contributed by atoms with Crippen LogP contribution in [0.15, 0.2) is 48.1 Å². The summed E-state index contributed by atoms with van der Waals surface area (Å²) < 4.78 is 0. The van der Waals surface area contributed by atoms with E-state index in [9.17, 15) is 0 Å². The van der Waals surface area contributed by atoms with Crippen LogP contribution in [0.5, 0.6) is 0 Å². The Bertz CT molecular complexity index is 915. The van der Waals surface area contributed by atoms with Crippen molar-refractivity contribution in [1.82, 2.24) is 15.3 Å². The monoisotopic (exact) mass is 361 g/mol. The Kier molecular flexibility index (Phi) is 4.81. The van der Waals surface area contributed by atoms with Gasteiger partial charge >= 0.3 is 0 Å². The quantitative estimate of drug-likeness (QED) is 0.779. The highest BCUT2D eigenvalue weighted by atomic mass is 15.0. The number of aromatic amines is 1. The first-order valence-electron chi connectivity index (χ1n) is 10.3. The Labute approximate surface area is 162 Å². The highest BCUT2D eigenvalue weighted by molar-refractivity contribution is 5.65. The molecular weight excluding hydrogens is 330 g/mol. The fourth-order valence-corrected chi connectivity index (χ4v) is 5.29. The van der Waals surface area contributed by atoms with Crippen molar-refractivity contribution in [2.45, 2.75) is 57.4 Å². The van der Waals surface area contributed by atoms with E-state index in [1.54, 1.807) is 0 Å². The molecule has 1 unspecified atom stereocenters. The molecule has 2 fully saturated rings. The maximum Gasteiger partial charge on any atom is 0.124 e. The van der Waals surface area contributed by atoms with Gasteiger partial charge in [-0.1, -0.05) is 45.2 Å². The standard InChI is InChI=1S/C24H31N3/c1-5-19-10-13-24(11-6-7-12-24)22(19)17(3)16(2)15-21-18(4)26-23(27-21)20-9-8-14-25-20/h5,15,20,25H,1-4,6-14H2,(H,26,27)/b21-15+. The summed E-state index contributed by atoms with van der Waals surface area (Å²) in [5.41, 5.74) is 5.08. The van der Waals surface area contributed by atoms with Gasteiger partial charge in [0.2, 0.25) is 0 Å². The van der Waals surface area contributed by atoms with Crippen LogP contribution >= 0.6 is 0 Å². The average molecular weight is 362 g/mol. The number of hydrogen-bond donors (Lipinski definition) is 2. The van der Waals surface area contributed by atoms with Gasteiger partial charge in [-0.25, -0.2) is 4.98 Å². The first-order chi connectivity index (χ1) is 13.0. The molecule has 1 aromatic rings. The molecule has 1 spiro atoms. The summed E-state index contributed by atoms with van der Waals surface area (Å²) in [6.07, 6.45) is 13.9. The van der Waals surface area contributed by atoms with Gasteiger partial charge in [-0.05, 0) is 78.9 Å². The zero-order valence-corrected chi connectivity index (χ0v) is 16.4. The van der Waals surface area contributed by atoms with E-state index in [0.29, 0.717) is 11.5 Å². The van der Waals surface area contributed by atoms with Gasteiger partial charge in [0.15, 0.2) is 0 Å². The van der Waals surface area contributed by atoms with Crippen LogP contribution in [0.3, 0.4) is 0 Å². The minimum Gasteiger partial charge on any atom is -0.341 e. The molecule has 0 aromatic carbocycles. The van der Waals surface area contributed by atoms with Gasteiger partial charge in [-0.2, -0.15) is 0 Å². The third-order valence-electron chi connectivity index (χ3n) is 6.75. The highest BCUT2D eigenvalue weighted by Gasteiger charge is 2.43. The lowest BCUT2D eigenvalue weighted by molar-refractivity contribution is 0.370. The van der Waals surface area contributed by atoms with Gasteiger partial charge < -0.3 is 10.3 Å². The number of hydrogen-bond acceptors (Lipinski definition) is 2. The lowest BCUT2D eigenvalue weighted by Crippen LogP contribution is -2.23. The molecule has 1 aliphatic heterocycles. The van der Waals surface area contributed by atoms with Gasteiger partial charge in [0.05, 0.1) is 16.7 Å². The van der Waals surface area contributed by atoms with Gasteiger partial charge in [0, 0.05) is 0 Å². The summed E-state index contributed by atoms with van der Waals surface area (Å²) >= 11 is 0. The number of aromatic nitrogens is 2. The Morgan fingerprint density at radius 2 is 1.93 bits per heavy atom. The van der Waals surface area contributed by atoms with Crippen molar-refractivity contribution in [3.63, 3.8) is 0 Å². The van der Waals surface area contributed by atoms with Crippen LogP contribution in [0.1, 0.15) is 63.2 Å². The van der Waals surface area contributed by atoms with Gasteiger partial charge in [0.25, 0.3) is 0 Å². The number of rotatable bonds is 5. The maximum atomic E-state index is 4.79. The Morgan fingerprint density at radius 1 is 1.15 bits per heavy atom. The molecular formula is C24H31N3. The highest BCUT2D eigenvalue weighted by Crippen LogP contribution is 2.56. The molecule has 1 saturated heterocycles. The van der Waals surface area contributed by atoms with Crippen LogP contribution in [-0.2, 0) is 0 Å². The molecule has 1 saturated carbocycles. The second kappa shape index (κ2) is 7.12. The Balaban J connectivity index is 1.64. The van der Waals surface area contributed by atoms with E-state index >= 15 is 0 Å². The number of allylic oxidation sites excluding steroid dienone is 5. The van der Waals surface area contributed by atoms with Gasteiger partial charge in [-0.15, -0.1) is 0 Å². The van der Waals surface area contributed by atoms with Crippen molar-refractivity contribution >= 4 is 12.7 Å². The average Bonchev–Trinajstić information content (AvgIpc) is 3.44. The zero-order valence-electron chi connectivity index (χ0n) is 16.4. The van der Waals surface area contributed by atoms with Crippen molar-refractivity contribution in [2.24, 2.45) is 5.41 Å². The predicted molar refractivity (Wildman–Crippen MR) is 113 cm³/mol. The summed E-state index contributed by atoms with van der Waals surface area (Å²) in [6.45, 7) is 18.1. The molecule has 3 nitrogen and oxygen atoms in total. The minimum absolute atomic E-state index is 0.301. The van der Waals surface area contributed by atoms with E-state index in [4.69, 9.17) is 4.98 Å². The van der Waals surface area contributed by atoms with E-state index in [2.05, 4.69) is 36.6 Å². The van der Waals surface area contributed by atoms with E-state index < -0.39 is 0 Å². The van der Waals surface area contributed by atoms with Crippen molar-refractivity contribution < 1.29 is 0 Å². The Morgan fingerprint density at radius 3 is 2.59 bits per heavy atom. The second-order valence-electron chi connectivity index (χ2n) is 8.37. The van der Waals surface area contributed by atoms with E-state index in [1.807, 2.05) is 12.2 Å². The normalized spacial score (nSPS) is 24.9. The number of nitrogens with one attached hydrogen (secondary N) is 2. The van der Waals surface area contributed by atoms with Gasteiger partial charge in [-0.3, -0.25) is 0 Å². The first-order valence-corrected chi connectivity index (χ1v) is 10.3. The summed E-state index contributed by atoms with van der Waals surface area (Å²) in [5, 5.41) is 5.22. The molecule has 1 atom stereocenters. The van der Waals surface area contributed by atoms with E-state index in [0.717, 1.165) is 47.1 Å². The molecule has 3 aliphatic rings. The van der Waals surface area contributed by atoms with Crippen molar-refractivity contribution in [3.8, 4) is 0 Å². The minimum atomic E-state index is 0.301. The fourth-order valence-electron chi connectivity index (χ4n) is 5.29. The summed E-state index contributed by atoms with van der Waals surface area (Å²) in [5.74, 6) is 0.987. The van der Waals surface area contributed by atoms with Crippen LogP contribution < -0.4 is 16.0 Å². The molecule has 1 aromatic heterocycles. The van der Waals surface area contributed by atoms with Crippen molar-refractivity contribution in [1.29, 1.82) is 0 Å². The summed E-state index contributed by atoms with van der Waals surface area (Å²) in [7, 11) is 0. The number of imidazole rings is 1. The lowest BCUT2D eigenvalue weighted by Gasteiger charge is -2.29. The van der Waals surface area contributed by atoms with Crippen molar-refractivity contribution in [2.75, 3.05) is 6.54 Å². The second-order valence-corrected chi connectivity index (χ2v) is 8.37. The predicted octanol–water partition coefficient (Wildman–Crippen LogP) is 3.97. The summed E-state index contributed by atoms with van der Waals surface area (Å²) in [6, 6.07) is 0.316. The van der Waals surface area contributed by atoms with Crippen LogP contribution in [0, 0.1) is 5.41 Å². The molecule has 0 radical (unpaired) electrons. The van der Waals surface area contributed by atoms with E-state index in [1.165, 1.54) is 49.7 Å². The number of nitrogens with zero attached hydrogens (tertiary/aromatic N) is 1. The lowest BCUT2D eigenvalue weighted by atomic mass is 9.75. The maximum absolute atomic E-state index is 4.79. The Hall–Kier alpha value is -2.13. The molecule has 142 valence electrons. The molecule has 3 heteroatoms. The largest absolute Gasteiger partial charge is 0.341 e. The zero-order chi connectivity index (χ0) is 19.0. The molecule has 2 N–H and O–H groups in total. The molecule has 2 heterocycles.